The molecule has 2 heterocycles. The maximum absolute atomic E-state index is 11.7. The number of rotatable bonds is 2. The van der Waals surface area contributed by atoms with E-state index in [1.807, 2.05) is 18.8 Å². The Morgan fingerprint density at radius 2 is 1.86 bits per heavy atom. The maximum Gasteiger partial charge on any atom is 0.328 e. The molecular formula is C13H17BrN4O4. The van der Waals surface area contributed by atoms with Gasteiger partial charge < -0.3 is 9.97 Å². The fraction of sp³-hybridized carbons (Fsp3) is 0.385. The van der Waals surface area contributed by atoms with Gasteiger partial charge in [0.2, 0.25) is 0 Å². The van der Waals surface area contributed by atoms with E-state index < -0.39 is 5.69 Å². The van der Waals surface area contributed by atoms with Gasteiger partial charge in [0.15, 0.2) is 0 Å². The van der Waals surface area contributed by atoms with Crippen molar-refractivity contribution in [2.24, 2.45) is 0 Å². The molecule has 120 valence electrons. The third kappa shape index (κ3) is 4.42. The fourth-order valence-corrected chi connectivity index (χ4v) is 1.89. The highest BCUT2D eigenvalue weighted by Crippen LogP contribution is 2.08. The molecule has 8 nitrogen and oxygen atoms in total. The number of nitrogens with zero attached hydrogens (tertiary/aromatic N) is 1. The third-order valence-electron chi connectivity index (χ3n) is 2.97. The summed E-state index contributed by atoms with van der Waals surface area (Å²) in [6.45, 7) is 5.47. The molecule has 0 aliphatic rings. The second-order valence-corrected chi connectivity index (χ2v) is 5.39. The molecule has 0 bridgehead atoms. The van der Waals surface area contributed by atoms with Crippen molar-refractivity contribution in [2.75, 3.05) is 0 Å². The molecule has 1 atom stereocenters. The standard InChI is InChI=1S/C9H13BrN2O2.C4H4N2O2/c1-4-5(2)12-8(13)7(10)6(3)11-9(12)14;7-3-1-2-5-4(8)6-3/h5H,4H2,1-3H3,(H,11,14);1-2H,(H2,5,6,7,8). The second-order valence-electron chi connectivity index (χ2n) is 4.60. The molecule has 2 aromatic rings. The summed E-state index contributed by atoms with van der Waals surface area (Å²) in [4.78, 5) is 50.5. The highest BCUT2D eigenvalue weighted by molar-refractivity contribution is 9.10. The Labute approximate surface area is 133 Å². The van der Waals surface area contributed by atoms with E-state index in [-0.39, 0.29) is 22.9 Å². The van der Waals surface area contributed by atoms with Crippen LogP contribution in [0.3, 0.4) is 0 Å². The van der Waals surface area contributed by atoms with Gasteiger partial charge in [0.1, 0.15) is 4.47 Å². The monoisotopic (exact) mass is 372 g/mol. The molecule has 0 fully saturated rings. The number of halogens is 1. The van der Waals surface area contributed by atoms with Crippen molar-refractivity contribution >= 4 is 15.9 Å². The summed E-state index contributed by atoms with van der Waals surface area (Å²) in [5.41, 5.74) is -0.892. The van der Waals surface area contributed by atoms with Gasteiger partial charge in [-0.15, -0.1) is 0 Å². The molecule has 0 saturated heterocycles. The summed E-state index contributed by atoms with van der Waals surface area (Å²) >= 11 is 3.16. The van der Waals surface area contributed by atoms with Crippen molar-refractivity contribution in [3.63, 3.8) is 0 Å². The Kier molecular flexibility index (Phi) is 6.29. The largest absolute Gasteiger partial charge is 0.328 e. The van der Waals surface area contributed by atoms with Crippen LogP contribution in [0.4, 0.5) is 0 Å². The Morgan fingerprint density at radius 3 is 2.32 bits per heavy atom. The average molecular weight is 373 g/mol. The van der Waals surface area contributed by atoms with Gasteiger partial charge >= 0.3 is 11.4 Å². The topological polar surface area (TPSA) is 121 Å². The van der Waals surface area contributed by atoms with Gasteiger partial charge in [-0.3, -0.25) is 19.1 Å². The van der Waals surface area contributed by atoms with Crippen molar-refractivity contribution in [3.05, 3.63) is 64.1 Å². The Bertz CT molecular complexity index is 836. The lowest BCUT2D eigenvalue weighted by molar-refractivity contribution is 0.486. The first kappa shape index (κ1) is 17.9. The Balaban J connectivity index is 0.000000255. The lowest BCUT2D eigenvalue weighted by atomic mass is 10.2. The molecule has 0 aliphatic heterocycles. The molecule has 22 heavy (non-hydrogen) atoms. The second kappa shape index (κ2) is 7.74. The average Bonchev–Trinajstić information content (AvgIpc) is 2.45. The normalized spacial score (nSPS) is 11.5. The van der Waals surface area contributed by atoms with Crippen LogP contribution in [0.5, 0.6) is 0 Å². The van der Waals surface area contributed by atoms with Gasteiger partial charge in [-0.25, -0.2) is 9.59 Å². The number of hydrogen-bond acceptors (Lipinski definition) is 4. The smallest absolute Gasteiger partial charge is 0.314 e. The molecule has 0 amide bonds. The molecule has 2 aromatic heterocycles. The van der Waals surface area contributed by atoms with Crippen molar-refractivity contribution in [2.45, 2.75) is 33.2 Å². The lowest BCUT2D eigenvalue weighted by Gasteiger charge is -2.12. The Hall–Kier alpha value is -2.16. The van der Waals surface area contributed by atoms with E-state index in [1.54, 1.807) is 6.92 Å². The van der Waals surface area contributed by atoms with Crippen LogP contribution < -0.4 is 22.5 Å². The highest BCUT2D eigenvalue weighted by Gasteiger charge is 2.12. The van der Waals surface area contributed by atoms with Crippen LogP contribution in [-0.4, -0.2) is 19.5 Å². The molecule has 0 aliphatic carbocycles. The van der Waals surface area contributed by atoms with E-state index in [2.05, 4.69) is 25.9 Å². The summed E-state index contributed by atoms with van der Waals surface area (Å²) in [5, 5.41) is 0. The number of aromatic nitrogens is 4. The van der Waals surface area contributed by atoms with Gasteiger partial charge in [-0.1, -0.05) is 6.92 Å². The zero-order valence-corrected chi connectivity index (χ0v) is 14.0. The molecule has 1 unspecified atom stereocenters. The third-order valence-corrected chi connectivity index (χ3v) is 3.90. The summed E-state index contributed by atoms with van der Waals surface area (Å²) < 4.78 is 1.66. The first-order chi connectivity index (χ1) is 10.3. The van der Waals surface area contributed by atoms with Crippen LogP contribution in [0.25, 0.3) is 0 Å². The Morgan fingerprint density at radius 1 is 1.23 bits per heavy atom. The van der Waals surface area contributed by atoms with E-state index in [1.165, 1.54) is 16.8 Å². The maximum atomic E-state index is 11.7. The number of H-pyrrole nitrogens is 3. The molecule has 0 spiro atoms. The summed E-state index contributed by atoms with van der Waals surface area (Å²) in [6, 6.07) is 1.16. The quantitative estimate of drug-likeness (QED) is 0.715. The molecular weight excluding hydrogens is 356 g/mol. The van der Waals surface area contributed by atoms with Crippen LogP contribution in [-0.2, 0) is 0 Å². The number of aryl methyl sites for hydroxylation is 1. The molecule has 2 rings (SSSR count). The van der Waals surface area contributed by atoms with Gasteiger partial charge in [0, 0.05) is 24.0 Å². The van der Waals surface area contributed by atoms with Crippen LogP contribution in [0.15, 0.2) is 35.9 Å². The summed E-state index contributed by atoms with van der Waals surface area (Å²) in [5.74, 6) is 0. The minimum Gasteiger partial charge on any atom is -0.314 e. The summed E-state index contributed by atoms with van der Waals surface area (Å²) in [6.07, 6.45) is 2.04. The van der Waals surface area contributed by atoms with Crippen molar-refractivity contribution in [1.29, 1.82) is 0 Å². The van der Waals surface area contributed by atoms with Crippen LogP contribution >= 0.6 is 15.9 Å². The zero-order chi connectivity index (χ0) is 16.9. The van der Waals surface area contributed by atoms with E-state index >= 15 is 0 Å². The molecule has 3 N–H and O–H groups in total. The van der Waals surface area contributed by atoms with Gasteiger partial charge in [-0.2, -0.15) is 0 Å². The predicted molar refractivity (Wildman–Crippen MR) is 86.4 cm³/mol. The van der Waals surface area contributed by atoms with Crippen LogP contribution in [0, 0.1) is 6.92 Å². The number of aromatic amines is 3. The predicted octanol–water partition coefficient (Wildman–Crippen LogP) is 0.642. The van der Waals surface area contributed by atoms with Crippen molar-refractivity contribution in [1.82, 2.24) is 19.5 Å². The molecule has 9 heteroatoms. The number of nitrogens with one attached hydrogen (secondary N) is 3. The zero-order valence-electron chi connectivity index (χ0n) is 12.4. The highest BCUT2D eigenvalue weighted by atomic mass is 79.9. The molecule has 0 radical (unpaired) electrons. The SMILES string of the molecule is CCC(C)n1c(=O)[nH]c(C)c(Br)c1=O.O=c1cc[nH]c(=O)[nH]1. The number of hydrogen-bond donors (Lipinski definition) is 3. The molecule has 0 saturated carbocycles. The van der Waals surface area contributed by atoms with Gasteiger partial charge in [0.05, 0.1) is 0 Å². The van der Waals surface area contributed by atoms with Crippen molar-refractivity contribution in [3.8, 4) is 0 Å². The summed E-state index contributed by atoms with van der Waals surface area (Å²) in [7, 11) is 0. The minimum atomic E-state index is -0.475. The van der Waals surface area contributed by atoms with Crippen molar-refractivity contribution < 1.29 is 0 Å². The van der Waals surface area contributed by atoms with Crippen LogP contribution in [0.1, 0.15) is 32.0 Å². The lowest BCUT2D eigenvalue weighted by Crippen LogP contribution is -2.38. The van der Waals surface area contributed by atoms with Gasteiger partial charge in [-0.05, 0) is 36.2 Å². The van der Waals surface area contributed by atoms with Crippen LogP contribution in [0.2, 0.25) is 0 Å². The van der Waals surface area contributed by atoms with E-state index in [9.17, 15) is 19.2 Å². The first-order valence-corrected chi connectivity index (χ1v) is 7.36. The van der Waals surface area contributed by atoms with E-state index in [0.29, 0.717) is 10.2 Å². The molecule has 0 aromatic carbocycles. The minimum absolute atomic E-state index is 0.0804. The first-order valence-electron chi connectivity index (χ1n) is 6.56. The fourth-order valence-electron chi connectivity index (χ4n) is 1.60. The van der Waals surface area contributed by atoms with E-state index in [4.69, 9.17) is 0 Å². The van der Waals surface area contributed by atoms with E-state index in [0.717, 1.165) is 6.42 Å². The van der Waals surface area contributed by atoms with Gasteiger partial charge in [0.25, 0.3) is 11.1 Å².